The monoisotopic (exact) mass is 429 g/mol. The molecule has 0 radical (unpaired) electrons. The van der Waals surface area contributed by atoms with Crippen LogP contribution in [0.25, 0.3) is 11.1 Å². The maximum atomic E-state index is 13.8. The number of piperazine rings is 1. The second-order valence-electron chi connectivity index (χ2n) is 8.60. The summed E-state index contributed by atoms with van der Waals surface area (Å²) in [4.78, 5) is 39.0. The Morgan fingerprint density at radius 3 is 2.50 bits per heavy atom. The molecular weight excluding hydrogens is 402 g/mol. The van der Waals surface area contributed by atoms with Crippen molar-refractivity contribution in [3.8, 4) is 11.1 Å². The highest BCUT2D eigenvalue weighted by molar-refractivity contribution is 6.02. The van der Waals surface area contributed by atoms with Crippen molar-refractivity contribution < 1.29 is 4.79 Å². The first kappa shape index (κ1) is 20.4. The zero-order valence-electron chi connectivity index (χ0n) is 18.5. The first-order valence-corrected chi connectivity index (χ1v) is 11.2. The third kappa shape index (κ3) is 3.47. The zero-order chi connectivity index (χ0) is 22.2. The van der Waals surface area contributed by atoms with Crippen molar-refractivity contribution in [1.82, 2.24) is 19.4 Å². The molecule has 2 aromatic heterocycles. The molecule has 7 nitrogen and oxygen atoms in total. The number of carbonyl (C=O) groups is 1. The molecule has 1 fully saturated rings. The molecule has 0 unspecified atom stereocenters. The third-order valence-corrected chi connectivity index (χ3v) is 6.78. The zero-order valence-corrected chi connectivity index (χ0v) is 18.5. The van der Waals surface area contributed by atoms with Gasteiger partial charge in [-0.05, 0) is 43.9 Å². The molecule has 3 aromatic rings. The Morgan fingerprint density at radius 1 is 1.00 bits per heavy atom. The molecule has 0 spiro atoms. The number of amides is 1. The lowest BCUT2D eigenvalue weighted by Crippen LogP contribution is -2.49. The van der Waals surface area contributed by atoms with Gasteiger partial charge >= 0.3 is 0 Å². The molecule has 2 aliphatic heterocycles. The smallest absolute Gasteiger partial charge is 0.256 e. The molecule has 1 saturated heterocycles. The first-order valence-electron chi connectivity index (χ1n) is 11.2. The van der Waals surface area contributed by atoms with Crippen LogP contribution in [0.15, 0.2) is 47.8 Å². The predicted octanol–water partition coefficient (Wildman–Crippen LogP) is 2.83. The highest BCUT2D eigenvalue weighted by atomic mass is 16.2. The van der Waals surface area contributed by atoms with Gasteiger partial charge in [0.15, 0.2) is 0 Å². The lowest BCUT2D eigenvalue weighted by molar-refractivity contribution is 0.0745. The van der Waals surface area contributed by atoms with Gasteiger partial charge in [0, 0.05) is 73.7 Å². The molecule has 32 heavy (non-hydrogen) atoms. The number of hydrogen-bond acceptors (Lipinski definition) is 5. The molecule has 2 aliphatic rings. The Hall–Kier alpha value is -3.48. The van der Waals surface area contributed by atoms with Gasteiger partial charge in [-0.15, -0.1) is 0 Å². The quantitative estimate of drug-likeness (QED) is 0.640. The number of anilines is 1. The minimum absolute atomic E-state index is 0.00452. The van der Waals surface area contributed by atoms with E-state index >= 15 is 0 Å². The van der Waals surface area contributed by atoms with Crippen LogP contribution in [0.5, 0.6) is 0 Å². The van der Waals surface area contributed by atoms with E-state index < -0.39 is 0 Å². The van der Waals surface area contributed by atoms with Gasteiger partial charge in [0.25, 0.3) is 11.5 Å². The molecule has 4 heterocycles. The lowest BCUT2D eigenvalue weighted by Gasteiger charge is -2.37. The van der Waals surface area contributed by atoms with Crippen LogP contribution in [0, 0.1) is 13.8 Å². The Balaban J connectivity index is 1.46. The summed E-state index contributed by atoms with van der Waals surface area (Å²) in [5.41, 5.74) is 6.58. The summed E-state index contributed by atoms with van der Waals surface area (Å²) < 4.78 is 1.76. The Bertz CT molecular complexity index is 1230. The normalized spacial score (nSPS) is 15.7. The van der Waals surface area contributed by atoms with Crippen molar-refractivity contribution in [2.45, 2.75) is 33.2 Å². The van der Waals surface area contributed by atoms with Crippen molar-refractivity contribution in [3.63, 3.8) is 0 Å². The SMILES string of the molecule is Cc1cccc(N2CCN(C(=O)c3c(-c4cncnc4)cc(=O)n4c3CCC4)CC2)c1C. The molecule has 164 valence electrons. The summed E-state index contributed by atoms with van der Waals surface area (Å²) in [6, 6.07) is 7.96. The Labute approximate surface area is 187 Å². The number of nitrogens with zero attached hydrogens (tertiary/aromatic N) is 5. The fourth-order valence-electron chi connectivity index (χ4n) is 4.90. The Kier molecular flexibility index (Phi) is 5.25. The summed E-state index contributed by atoms with van der Waals surface area (Å²) in [6.45, 7) is 7.82. The van der Waals surface area contributed by atoms with Gasteiger partial charge in [0.1, 0.15) is 6.33 Å². The van der Waals surface area contributed by atoms with Crippen LogP contribution in [0.4, 0.5) is 5.69 Å². The van der Waals surface area contributed by atoms with E-state index in [1.54, 1.807) is 23.0 Å². The number of pyridine rings is 1. The third-order valence-electron chi connectivity index (χ3n) is 6.78. The van der Waals surface area contributed by atoms with Crippen molar-refractivity contribution in [3.05, 3.63) is 75.7 Å². The molecule has 5 rings (SSSR count). The van der Waals surface area contributed by atoms with Crippen LogP contribution in [-0.2, 0) is 13.0 Å². The van der Waals surface area contributed by atoms with E-state index in [4.69, 9.17) is 0 Å². The maximum absolute atomic E-state index is 13.8. The number of rotatable bonds is 3. The van der Waals surface area contributed by atoms with Gasteiger partial charge in [0.2, 0.25) is 0 Å². The van der Waals surface area contributed by atoms with Crippen LogP contribution >= 0.6 is 0 Å². The van der Waals surface area contributed by atoms with E-state index in [1.165, 1.54) is 23.1 Å². The van der Waals surface area contributed by atoms with E-state index in [1.807, 2.05) is 4.90 Å². The fourth-order valence-corrected chi connectivity index (χ4v) is 4.90. The lowest BCUT2D eigenvalue weighted by atomic mass is 9.98. The second-order valence-corrected chi connectivity index (χ2v) is 8.60. The van der Waals surface area contributed by atoms with E-state index in [-0.39, 0.29) is 11.5 Å². The van der Waals surface area contributed by atoms with Gasteiger partial charge in [-0.1, -0.05) is 12.1 Å². The molecule has 0 atom stereocenters. The van der Waals surface area contributed by atoms with Gasteiger partial charge in [0.05, 0.1) is 5.56 Å². The van der Waals surface area contributed by atoms with Crippen LogP contribution in [0.1, 0.15) is 33.6 Å². The number of aryl methyl sites for hydroxylation is 1. The maximum Gasteiger partial charge on any atom is 0.256 e. The highest BCUT2D eigenvalue weighted by Crippen LogP contribution is 2.30. The van der Waals surface area contributed by atoms with Gasteiger partial charge in [-0.2, -0.15) is 0 Å². The summed E-state index contributed by atoms with van der Waals surface area (Å²) in [7, 11) is 0. The van der Waals surface area contributed by atoms with Gasteiger partial charge in [-0.3, -0.25) is 9.59 Å². The average Bonchev–Trinajstić information content (AvgIpc) is 3.32. The highest BCUT2D eigenvalue weighted by Gasteiger charge is 2.30. The topological polar surface area (TPSA) is 71.3 Å². The summed E-state index contributed by atoms with van der Waals surface area (Å²) >= 11 is 0. The standard InChI is InChI=1S/C25H27N5O2/c1-17-5-3-6-21(18(17)2)28-9-11-29(12-10-28)25(32)24-20(19-14-26-16-27-15-19)13-23(31)30-8-4-7-22(24)30/h3,5-6,13-16H,4,7-12H2,1-2H3. The number of hydrogen-bond donors (Lipinski definition) is 0. The summed E-state index contributed by atoms with van der Waals surface area (Å²) in [6.07, 6.45) is 6.41. The number of fused-ring (bicyclic) bond motifs is 1. The minimum Gasteiger partial charge on any atom is -0.368 e. The molecule has 0 N–H and O–H groups in total. The summed E-state index contributed by atoms with van der Waals surface area (Å²) in [5, 5.41) is 0. The predicted molar refractivity (Wildman–Crippen MR) is 124 cm³/mol. The van der Waals surface area contributed by atoms with E-state index in [2.05, 4.69) is 46.9 Å². The van der Waals surface area contributed by atoms with E-state index in [0.717, 1.165) is 31.6 Å². The van der Waals surface area contributed by atoms with Crippen LogP contribution in [0.3, 0.4) is 0 Å². The van der Waals surface area contributed by atoms with Crippen molar-refractivity contribution in [2.24, 2.45) is 0 Å². The van der Waals surface area contributed by atoms with Crippen molar-refractivity contribution in [1.29, 1.82) is 0 Å². The second kappa shape index (κ2) is 8.22. The van der Waals surface area contributed by atoms with Crippen LogP contribution in [-0.4, -0.2) is 51.5 Å². The molecular formula is C25H27N5O2. The number of aromatic nitrogens is 3. The average molecular weight is 430 g/mol. The van der Waals surface area contributed by atoms with Gasteiger partial charge in [-0.25, -0.2) is 9.97 Å². The molecule has 1 amide bonds. The van der Waals surface area contributed by atoms with E-state index in [9.17, 15) is 9.59 Å². The summed E-state index contributed by atoms with van der Waals surface area (Å²) in [5.74, 6) is -0.00452. The number of carbonyl (C=O) groups excluding carboxylic acids is 1. The molecule has 0 bridgehead atoms. The van der Waals surface area contributed by atoms with Crippen molar-refractivity contribution in [2.75, 3.05) is 31.1 Å². The number of benzene rings is 1. The molecule has 1 aromatic carbocycles. The van der Waals surface area contributed by atoms with Crippen LogP contribution in [0.2, 0.25) is 0 Å². The minimum atomic E-state index is -0.0624. The van der Waals surface area contributed by atoms with Crippen LogP contribution < -0.4 is 10.5 Å². The Morgan fingerprint density at radius 2 is 1.75 bits per heavy atom. The molecule has 7 heteroatoms. The fraction of sp³-hybridized carbons (Fsp3) is 0.360. The largest absolute Gasteiger partial charge is 0.368 e. The first-order chi connectivity index (χ1) is 15.5. The van der Waals surface area contributed by atoms with Crippen molar-refractivity contribution >= 4 is 11.6 Å². The molecule has 0 aliphatic carbocycles. The van der Waals surface area contributed by atoms with Gasteiger partial charge < -0.3 is 14.4 Å². The van der Waals surface area contributed by atoms with E-state index in [0.29, 0.717) is 36.3 Å². The molecule has 0 saturated carbocycles.